The number of hydrogen-bond acceptors (Lipinski definition) is 2. The molecule has 5 heteroatoms. The molecule has 0 bridgehead atoms. The van der Waals surface area contributed by atoms with Crippen LogP contribution in [0.25, 0.3) is 0 Å². The van der Waals surface area contributed by atoms with Gasteiger partial charge in [-0.15, -0.1) is 0 Å². The summed E-state index contributed by atoms with van der Waals surface area (Å²) in [5, 5.41) is 0. The molecule has 2 atom stereocenters. The monoisotopic (exact) mass is 324 g/mol. The van der Waals surface area contributed by atoms with Crippen molar-refractivity contribution in [3.8, 4) is 0 Å². The van der Waals surface area contributed by atoms with Crippen molar-refractivity contribution in [3.63, 3.8) is 0 Å². The van der Waals surface area contributed by atoms with Gasteiger partial charge in [0, 0.05) is 23.4 Å². The van der Waals surface area contributed by atoms with Crippen molar-refractivity contribution in [1.82, 2.24) is 4.90 Å². The molecule has 1 aromatic rings. The molecule has 1 heterocycles. The second-order valence-corrected chi connectivity index (χ2v) is 5.74. The Morgan fingerprint density at radius 1 is 1.58 bits per heavy atom. The Morgan fingerprint density at radius 2 is 2.32 bits per heavy atom. The van der Waals surface area contributed by atoms with Crippen LogP contribution < -0.4 is 5.73 Å². The number of primary amides is 1. The normalized spacial score (nSPS) is 20.6. The molecule has 1 aliphatic heterocycles. The van der Waals surface area contributed by atoms with Crippen molar-refractivity contribution in [3.05, 3.63) is 34.3 Å². The highest BCUT2D eigenvalue weighted by Crippen LogP contribution is 2.31. The van der Waals surface area contributed by atoms with Gasteiger partial charge in [-0.05, 0) is 24.1 Å². The minimum absolute atomic E-state index is 0.00984. The second kappa shape index (κ2) is 5.74. The predicted molar refractivity (Wildman–Crippen MR) is 76.5 cm³/mol. The van der Waals surface area contributed by atoms with Crippen molar-refractivity contribution < 1.29 is 9.59 Å². The summed E-state index contributed by atoms with van der Waals surface area (Å²) in [5.74, 6) is -0.278. The van der Waals surface area contributed by atoms with Gasteiger partial charge in [-0.1, -0.05) is 35.0 Å². The average molecular weight is 325 g/mol. The van der Waals surface area contributed by atoms with Crippen LogP contribution in [0.2, 0.25) is 0 Å². The quantitative estimate of drug-likeness (QED) is 0.921. The first-order chi connectivity index (χ1) is 9.02. The van der Waals surface area contributed by atoms with E-state index in [0.717, 1.165) is 10.0 Å². The second-order valence-electron chi connectivity index (χ2n) is 4.83. The summed E-state index contributed by atoms with van der Waals surface area (Å²) in [5.41, 5.74) is 6.47. The standard InChI is InChI=1S/C14H17BrN2O2/c1-2-12(14(16)19)17-8-10(7-13(17)18)9-4-3-5-11(15)6-9/h3-6,10,12H,2,7-8H2,1H3,(H2,16,19)/t10?,12-/m0/s1. The van der Waals surface area contributed by atoms with Crippen LogP contribution in [0.3, 0.4) is 0 Å². The van der Waals surface area contributed by atoms with Gasteiger partial charge in [0.05, 0.1) is 0 Å². The van der Waals surface area contributed by atoms with E-state index in [4.69, 9.17) is 5.73 Å². The number of carbonyl (C=O) groups is 2. The van der Waals surface area contributed by atoms with Crippen molar-refractivity contribution in [2.75, 3.05) is 6.54 Å². The summed E-state index contributed by atoms with van der Waals surface area (Å²) in [6.45, 7) is 2.44. The SMILES string of the molecule is CC[C@@H](C(N)=O)N1CC(c2cccc(Br)c2)CC1=O. The van der Waals surface area contributed by atoms with E-state index in [1.54, 1.807) is 4.90 Å². The number of halogens is 1. The Labute approximate surface area is 121 Å². The summed E-state index contributed by atoms with van der Waals surface area (Å²) in [7, 11) is 0. The van der Waals surface area contributed by atoms with Crippen LogP contribution >= 0.6 is 15.9 Å². The molecule has 4 nitrogen and oxygen atoms in total. The van der Waals surface area contributed by atoms with Crippen molar-refractivity contribution in [2.45, 2.75) is 31.7 Å². The summed E-state index contributed by atoms with van der Waals surface area (Å²) < 4.78 is 0.998. The zero-order valence-electron chi connectivity index (χ0n) is 10.8. The molecular formula is C14H17BrN2O2. The van der Waals surface area contributed by atoms with Gasteiger partial charge in [-0.3, -0.25) is 9.59 Å². The molecule has 0 aliphatic carbocycles. The fourth-order valence-electron chi connectivity index (χ4n) is 2.59. The molecule has 0 spiro atoms. The molecule has 2 amide bonds. The van der Waals surface area contributed by atoms with Crippen LogP contribution in [0, 0.1) is 0 Å². The lowest BCUT2D eigenvalue weighted by Crippen LogP contribution is -2.45. The summed E-state index contributed by atoms with van der Waals surface area (Å²) >= 11 is 3.43. The van der Waals surface area contributed by atoms with Crippen LogP contribution in [-0.4, -0.2) is 29.3 Å². The van der Waals surface area contributed by atoms with Crippen LogP contribution in [0.5, 0.6) is 0 Å². The van der Waals surface area contributed by atoms with Crippen LogP contribution in [0.15, 0.2) is 28.7 Å². The molecule has 102 valence electrons. The molecule has 0 aromatic heterocycles. The Bertz CT molecular complexity index is 504. The van der Waals surface area contributed by atoms with E-state index in [-0.39, 0.29) is 11.8 Å². The number of amides is 2. The maximum absolute atomic E-state index is 12.1. The van der Waals surface area contributed by atoms with E-state index in [0.29, 0.717) is 19.4 Å². The smallest absolute Gasteiger partial charge is 0.240 e. The van der Waals surface area contributed by atoms with Crippen molar-refractivity contribution in [1.29, 1.82) is 0 Å². The van der Waals surface area contributed by atoms with Gasteiger partial charge in [-0.25, -0.2) is 0 Å². The van der Waals surface area contributed by atoms with Gasteiger partial charge in [0.2, 0.25) is 11.8 Å². The molecule has 1 aromatic carbocycles. The Hall–Kier alpha value is -1.36. The van der Waals surface area contributed by atoms with Gasteiger partial charge in [0.1, 0.15) is 6.04 Å². The summed E-state index contributed by atoms with van der Waals surface area (Å²) in [6.07, 6.45) is 1.01. The lowest BCUT2D eigenvalue weighted by Gasteiger charge is -2.24. The van der Waals surface area contributed by atoms with Crippen molar-refractivity contribution in [2.24, 2.45) is 5.73 Å². The van der Waals surface area contributed by atoms with Gasteiger partial charge in [-0.2, -0.15) is 0 Å². The van der Waals surface area contributed by atoms with Crippen LogP contribution in [-0.2, 0) is 9.59 Å². The number of likely N-dealkylation sites (tertiary alicyclic amines) is 1. The topological polar surface area (TPSA) is 63.4 Å². The van der Waals surface area contributed by atoms with E-state index in [1.165, 1.54) is 0 Å². The zero-order chi connectivity index (χ0) is 14.0. The number of benzene rings is 1. The number of hydrogen-bond donors (Lipinski definition) is 1. The fraction of sp³-hybridized carbons (Fsp3) is 0.429. The molecule has 0 radical (unpaired) electrons. The molecule has 19 heavy (non-hydrogen) atoms. The lowest BCUT2D eigenvalue weighted by molar-refractivity contribution is -0.136. The maximum Gasteiger partial charge on any atom is 0.240 e. The third-order valence-electron chi connectivity index (χ3n) is 3.57. The molecule has 2 rings (SSSR count). The highest BCUT2D eigenvalue weighted by molar-refractivity contribution is 9.10. The lowest BCUT2D eigenvalue weighted by atomic mass is 9.98. The molecule has 2 N–H and O–H groups in total. The highest BCUT2D eigenvalue weighted by atomic mass is 79.9. The van der Waals surface area contributed by atoms with Gasteiger partial charge in [0.15, 0.2) is 0 Å². The largest absolute Gasteiger partial charge is 0.368 e. The third-order valence-corrected chi connectivity index (χ3v) is 4.06. The first-order valence-electron chi connectivity index (χ1n) is 6.37. The van der Waals surface area contributed by atoms with E-state index < -0.39 is 11.9 Å². The molecule has 1 unspecified atom stereocenters. The third kappa shape index (κ3) is 2.97. The Balaban J connectivity index is 2.17. The van der Waals surface area contributed by atoms with Gasteiger partial charge in [0.25, 0.3) is 0 Å². The minimum atomic E-state index is -0.482. The zero-order valence-corrected chi connectivity index (χ0v) is 12.4. The van der Waals surface area contributed by atoms with Gasteiger partial charge < -0.3 is 10.6 Å². The van der Waals surface area contributed by atoms with E-state index in [9.17, 15) is 9.59 Å². The Morgan fingerprint density at radius 3 is 2.89 bits per heavy atom. The Kier molecular flexibility index (Phi) is 4.24. The first kappa shape index (κ1) is 14.1. The number of nitrogens with two attached hydrogens (primary N) is 1. The molecule has 1 aliphatic rings. The number of carbonyl (C=O) groups excluding carboxylic acids is 2. The number of rotatable bonds is 4. The fourth-order valence-corrected chi connectivity index (χ4v) is 3.01. The molecule has 0 saturated carbocycles. The number of nitrogens with zero attached hydrogens (tertiary/aromatic N) is 1. The average Bonchev–Trinajstić information content (AvgIpc) is 2.72. The van der Waals surface area contributed by atoms with Crippen LogP contribution in [0.1, 0.15) is 31.2 Å². The summed E-state index contributed by atoms with van der Waals surface area (Å²) in [6, 6.07) is 7.46. The predicted octanol–water partition coefficient (Wildman–Crippen LogP) is 2.03. The van der Waals surface area contributed by atoms with E-state index in [1.807, 2.05) is 31.2 Å². The van der Waals surface area contributed by atoms with E-state index >= 15 is 0 Å². The minimum Gasteiger partial charge on any atom is -0.368 e. The first-order valence-corrected chi connectivity index (χ1v) is 7.16. The molecule has 1 saturated heterocycles. The van der Waals surface area contributed by atoms with E-state index in [2.05, 4.69) is 15.9 Å². The maximum atomic E-state index is 12.1. The molecule has 1 fully saturated rings. The summed E-state index contributed by atoms with van der Waals surface area (Å²) in [4.78, 5) is 25.1. The van der Waals surface area contributed by atoms with Gasteiger partial charge >= 0.3 is 0 Å². The van der Waals surface area contributed by atoms with Crippen LogP contribution in [0.4, 0.5) is 0 Å². The highest BCUT2D eigenvalue weighted by Gasteiger charge is 2.36. The molecular weight excluding hydrogens is 308 g/mol. The van der Waals surface area contributed by atoms with Crippen molar-refractivity contribution >= 4 is 27.7 Å².